The van der Waals surface area contributed by atoms with Crippen LogP contribution in [0.2, 0.25) is 0 Å². The van der Waals surface area contributed by atoms with Gasteiger partial charge in [0.05, 0.1) is 17.0 Å². The van der Waals surface area contributed by atoms with Crippen molar-refractivity contribution in [1.29, 1.82) is 0 Å². The van der Waals surface area contributed by atoms with E-state index in [2.05, 4.69) is 34.7 Å². The monoisotopic (exact) mass is 548 g/mol. The topological polar surface area (TPSA) is 64.7 Å². The van der Waals surface area contributed by atoms with E-state index >= 15 is 0 Å². The van der Waals surface area contributed by atoms with Crippen LogP contribution in [0.15, 0.2) is 103 Å². The van der Waals surface area contributed by atoms with Crippen LogP contribution in [0.1, 0.15) is 30.0 Å². The van der Waals surface area contributed by atoms with E-state index in [4.69, 9.17) is 0 Å². The highest BCUT2D eigenvalue weighted by Crippen LogP contribution is 2.38. The minimum absolute atomic E-state index is 0.0531. The Hall–Kier alpha value is -4.75. The van der Waals surface area contributed by atoms with Crippen molar-refractivity contribution < 1.29 is 14.0 Å². The Balaban J connectivity index is 1.38. The van der Waals surface area contributed by atoms with Crippen molar-refractivity contribution in [3.63, 3.8) is 0 Å². The van der Waals surface area contributed by atoms with Gasteiger partial charge in [-0.1, -0.05) is 67.6 Å². The summed E-state index contributed by atoms with van der Waals surface area (Å²) in [6.07, 6.45) is 0.405. The van der Waals surface area contributed by atoms with Gasteiger partial charge in [-0.15, -0.1) is 0 Å². The van der Waals surface area contributed by atoms with Crippen LogP contribution in [-0.2, 0) is 16.1 Å². The third kappa shape index (κ3) is 6.53. The second-order valence-electron chi connectivity index (χ2n) is 10.1. The zero-order valence-corrected chi connectivity index (χ0v) is 23.2. The van der Waals surface area contributed by atoms with E-state index in [0.717, 1.165) is 30.0 Å². The molecule has 0 saturated heterocycles. The molecule has 0 radical (unpaired) electrons. The molecule has 4 aromatic rings. The first-order valence-electron chi connectivity index (χ1n) is 13.7. The van der Waals surface area contributed by atoms with Crippen molar-refractivity contribution in [2.45, 2.75) is 19.9 Å². The van der Waals surface area contributed by atoms with Crippen LogP contribution in [0.25, 0.3) is 11.3 Å². The van der Waals surface area contributed by atoms with E-state index in [-0.39, 0.29) is 11.8 Å². The Morgan fingerprint density at radius 1 is 0.878 bits per heavy atom. The molecule has 0 aromatic heterocycles. The second-order valence-corrected chi connectivity index (χ2v) is 10.1. The van der Waals surface area contributed by atoms with Gasteiger partial charge in [-0.25, -0.2) is 4.39 Å². The van der Waals surface area contributed by atoms with Crippen LogP contribution in [0.4, 0.5) is 21.5 Å². The Morgan fingerprint density at radius 2 is 1.56 bits per heavy atom. The predicted molar refractivity (Wildman–Crippen MR) is 164 cm³/mol. The molecular weight excluding hydrogens is 515 g/mol. The molecule has 2 N–H and O–H groups in total. The molecule has 0 spiro atoms. The van der Waals surface area contributed by atoms with Crippen molar-refractivity contribution in [2.75, 3.05) is 35.7 Å². The lowest BCUT2D eigenvalue weighted by Crippen LogP contribution is -2.37. The molecule has 4 aromatic carbocycles. The van der Waals surface area contributed by atoms with E-state index < -0.39 is 5.82 Å². The molecule has 6 nitrogen and oxygen atoms in total. The zero-order chi connectivity index (χ0) is 28.8. The number of fused-ring (bicyclic) bond motifs is 1. The van der Waals surface area contributed by atoms with Gasteiger partial charge in [-0.3, -0.25) is 9.59 Å². The van der Waals surface area contributed by atoms with Crippen LogP contribution in [-0.4, -0.2) is 36.9 Å². The predicted octanol–water partition coefficient (Wildman–Crippen LogP) is 6.63. The number of halogens is 1. The number of nitrogens with zero attached hydrogens (tertiary/aromatic N) is 2. The summed E-state index contributed by atoms with van der Waals surface area (Å²) < 4.78 is 13.9. The van der Waals surface area contributed by atoms with Crippen molar-refractivity contribution in [1.82, 2.24) is 4.90 Å². The van der Waals surface area contributed by atoms with Crippen molar-refractivity contribution >= 4 is 40.1 Å². The molecule has 208 valence electrons. The van der Waals surface area contributed by atoms with E-state index in [0.29, 0.717) is 35.5 Å². The average molecular weight is 549 g/mol. The number of anilines is 3. The van der Waals surface area contributed by atoms with Crippen LogP contribution in [0, 0.1) is 5.82 Å². The van der Waals surface area contributed by atoms with Gasteiger partial charge in [0.15, 0.2) is 0 Å². The summed E-state index contributed by atoms with van der Waals surface area (Å²) in [5.41, 5.74) is 5.76. The van der Waals surface area contributed by atoms with E-state index in [9.17, 15) is 14.0 Å². The van der Waals surface area contributed by atoms with Gasteiger partial charge in [0.25, 0.3) is 5.91 Å². The fourth-order valence-corrected chi connectivity index (χ4v) is 4.98. The second kappa shape index (κ2) is 12.6. The maximum atomic E-state index is 13.9. The number of benzene rings is 4. The van der Waals surface area contributed by atoms with Crippen LogP contribution in [0.3, 0.4) is 0 Å². The molecule has 0 bridgehead atoms. The number of carbonyl (C=O) groups is 2. The summed E-state index contributed by atoms with van der Waals surface area (Å²) in [6.45, 7) is 3.96. The van der Waals surface area contributed by atoms with E-state index in [1.165, 1.54) is 17.7 Å². The van der Waals surface area contributed by atoms with Crippen LogP contribution in [0.5, 0.6) is 0 Å². The minimum Gasteiger partial charge on any atom is -0.354 e. The minimum atomic E-state index is -0.410. The number of amides is 2. The van der Waals surface area contributed by atoms with Gasteiger partial charge in [-0.05, 0) is 60.6 Å². The first-order valence-corrected chi connectivity index (χ1v) is 13.7. The maximum Gasteiger partial charge on any atom is 0.258 e. The highest BCUT2D eigenvalue weighted by Gasteiger charge is 2.29. The van der Waals surface area contributed by atoms with E-state index in [1.54, 1.807) is 6.07 Å². The summed E-state index contributed by atoms with van der Waals surface area (Å²) in [4.78, 5) is 30.0. The third-order valence-electron chi connectivity index (χ3n) is 7.09. The average Bonchev–Trinajstić information content (AvgIpc) is 3.31. The quantitative estimate of drug-likeness (QED) is 0.218. The van der Waals surface area contributed by atoms with Crippen molar-refractivity contribution in [2.24, 2.45) is 0 Å². The van der Waals surface area contributed by atoms with Gasteiger partial charge in [0, 0.05) is 43.0 Å². The molecule has 0 unspecified atom stereocenters. The molecule has 0 atom stereocenters. The van der Waals surface area contributed by atoms with Crippen molar-refractivity contribution in [3.05, 3.63) is 126 Å². The molecule has 0 saturated carbocycles. The number of nitrogens with one attached hydrogen (secondary N) is 2. The number of hydrogen-bond donors (Lipinski definition) is 2. The normalized spacial score (nSPS) is 13.5. The molecule has 5 rings (SSSR count). The largest absolute Gasteiger partial charge is 0.354 e. The molecule has 1 heterocycles. The number of likely N-dealkylation sites (N-methyl/N-ethyl adjacent to an activating group) is 1. The first kappa shape index (κ1) is 27.8. The summed E-state index contributed by atoms with van der Waals surface area (Å²) in [5.74, 6) is -0.655. The van der Waals surface area contributed by atoms with E-state index in [1.807, 2.05) is 84.6 Å². The molecular formula is C34H33FN4O2. The summed E-state index contributed by atoms with van der Waals surface area (Å²) in [7, 11) is 2.05. The van der Waals surface area contributed by atoms with Gasteiger partial charge in [-0.2, -0.15) is 0 Å². The number of rotatable bonds is 10. The Bertz CT molecular complexity index is 1550. The van der Waals surface area contributed by atoms with Gasteiger partial charge in [0.2, 0.25) is 5.91 Å². The van der Waals surface area contributed by atoms with Crippen molar-refractivity contribution in [3.8, 4) is 0 Å². The number of hydrogen-bond acceptors (Lipinski definition) is 4. The molecule has 7 heteroatoms. The molecule has 0 fully saturated rings. The fourth-order valence-electron chi connectivity index (χ4n) is 4.98. The maximum absolute atomic E-state index is 13.9. The Morgan fingerprint density at radius 3 is 2.24 bits per heavy atom. The highest BCUT2D eigenvalue weighted by atomic mass is 19.1. The van der Waals surface area contributed by atoms with Crippen LogP contribution < -0.4 is 15.5 Å². The SMILES string of the molecule is CCC(=O)N(CCN(C)Cc1ccccc1)c1ccc(N/C(=C2\C(=O)Nc3cc(F)ccc32)c2ccccc2)cc1. The fraction of sp³-hybridized carbons (Fsp3) is 0.176. The molecule has 0 aliphatic carbocycles. The number of carbonyl (C=O) groups excluding carboxylic acids is 2. The van der Waals surface area contributed by atoms with Crippen LogP contribution >= 0.6 is 0 Å². The lowest BCUT2D eigenvalue weighted by molar-refractivity contribution is -0.118. The smallest absolute Gasteiger partial charge is 0.258 e. The summed E-state index contributed by atoms with van der Waals surface area (Å²) in [5, 5.41) is 6.20. The summed E-state index contributed by atoms with van der Waals surface area (Å²) in [6, 6.07) is 31.8. The van der Waals surface area contributed by atoms with Gasteiger partial charge in [0.1, 0.15) is 5.82 Å². The lowest BCUT2D eigenvalue weighted by atomic mass is 10.00. The molecule has 41 heavy (non-hydrogen) atoms. The standard InChI is InChI=1S/C34H33FN4O2/c1-3-31(40)39(21-20-38(2)23-24-10-6-4-7-11-24)28-17-15-27(16-18-28)36-33(25-12-8-5-9-13-25)32-29-19-14-26(35)22-30(29)37-34(32)41/h4-19,22,36H,3,20-21,23H2,1-2H3,(H,37,41)/b33-32-. The van der Waals surface area contributed by atoms with Gasteiger partial charge >= 0.3 is 0 Å². The highest BCUT2D eigenvalue weighted by molar-refractivity contribution is 6.37. The molecule has 1 aliphatic rings. The third-order valence-corrected chi connectivity index (χ3v) is 7.09. The molecule has 1 aliphatic heterocycles. The Kier molecular flexibility index (Phi) is 8.56. The van der Waals surface area contributed by atoms with Gasteiger partial charge < -0.3 is 20.4 Å². The Labute approximate surface area is 240 Å². The molecule has 2 amide bonds. The lowest BCUT2D eigenvalue weighted by Gasteiger charge is -2.26. The zero-order valence-electron chi connectivity index (χ0n) is 23.2. The first-order chi connectivity index (χ1) is 19.9. The summed E-state index contributed by atoms with van der Waals surface area (Å²) >= 11 is 0.